The van der Waals surface area contributed by atoms with Crippen molar-refractivity contribution < 1.29 is 19.3 Å². The molecule has 4 atom stereocenters. The maximum absolute atomic E-state index is 15.0. The van der Waals surface area contributed by atoms with E-state index in [-0.39, 0.29) is 21.8 Å². The van der Waals surface area contributed by atoms with E-state index in [1.807, 2.05) is 5.92 Å². The predicted octanol–water partition coefficient (Wildman–Crippen LogP) is -0.337. The first kappa shape index (κ1) is 14.9. The summed E-state index contributed by atoms with van der Waals surface area (Å²) in [6.07, 6.45) is 2.23. The van der Waals surface area contributed by atoms with Gasteiger partial charge in [-0.05, 0) is 0 Å². The molecule has 1 saturated heterocycles. The number of aromatic amines is 1. The molecule has 0 radical (unpaired) electrons. The van der Waals surface area contributed by atoms with Crippen LogP contribution in [0.5, 0.6) is 0 Å². The van der Waals surface area contributed by atoms with Gasteiger partial charge in [-0.1, -0.05) is 18.1 Å². The summed E-state index contributed by atoms with van der Waals surface area (Å²) >= 11 is 5.03. The highest BCUT2D eigenvalue weighted by Crippen LogP contribution is 2.42. The molecule has 0 bridgehead atoms. The monoisotopic (exact) mass is 325 g/mol. The molecule has 1 fully saturated rings. The van der Waals surface area contributed by atoms with E-state index < -0.39 is 30.7 Å². The van der Waals surface area contributed by atoms with Gasteiger partial charge in [0.1, 0.15) is 23.4 Å². The number of aliphatic hydroxyl groups excluding tert-OH is 2. The number of nitrogen functional groups attached to an aromatic ring is 1. The van der Waals surface area contributed by atoms with Crippen molar-refractivity contribution in [3.05, 3.63) is 11.0 Å². The van der Waals surface area contributed by atoms with Crippen molar-refractivity contribution in [3.8, 4) is 12.3 Å². The first-order valence-electron chi connectivity index (χ1n) is 6.25. The van der Waals surface area contributed by atoms with Crippen LogP contribution >= 0.6 is 12.2 Å². The number of nitrogens with zero attached hydrogens (tertiary/aromatic N) is 3. The minimum atomic E-state index is -2.55. The van der Waals surface area contributed by atoms with Gasteiger partial charge in [0.05, 0.1) is 12.9 Å². The third-order valence-corrected chi connectivity index (χ3v) is 3.85. The molecule has 10 heteroatoms. The predicted molar refractivity (Wildman–Crippen MR) is 76.8 cm³/mol. The Morgan fingerprint density at radius 3 is 3.05 bits per heavy atom. The van der Waals surface area contributed by atoms with Crippen molar-refractivity contribution in [2.24, 2.45) is 0 Å². The molecule has 3 heterocycles. The fourth-order valence-corrected chi connectivity index (χ4v) is 2.70. The van der Waals surface area contributed by atoms with Gasteiger partial charge in [0.15, 0.2) is 16.8 Å². The van der Waals surface area contributed by atoms with Gasteiger partial charge in [-0.25, -0.2) is 14.4 Å². The summed E-state index contributed by atoms with van der Waals surface area (Å²) in [6, 6.07) is 0. The minimum absolute atomic E-state index is 0.0154. The smallest absolute Gasteiger partial charge is 0.243 e. The highest BCUT2D eigenvalue weighted by atomic mass is 32.1. The average molecular weight is 325 g/mol. The van der Waals surface area contributed by atoms with Crippen molar-refractivity contribution in [2.45, 2.75) is 24.1 Å². The van der Waals surface area contributed by atoms with Crippen LogP contribution in [0.4, 0.5) is 10.3 Å². The number of aromatic nitrogens is 4. The van der Waals surface area contributed by atoms with Gasteiger partial charge < -0.3 is 25.7 Å². The second-order valence-corrected chi connectivity index (χ2v) is 5.23. The largest absolute Gasteiger partial charge is 0.394 e. The maximum atomic E-state index is 15.0. The Labute approximate surface area is 128 Å². The maximum Gasteiger partial charge on any atom is 0.243 e. The zero-order valence-corrected chi connectivity index (χ0v) is 11.9. The molecule has 116 valence electrons. The Bertz CT molecular complexity index is 830. The third kappa shape index (κ3) is 1.91. The number of imidazole rings is 1. The number of nitrogens with two attached hydrogens (primary N) is 1. The number of nitrogens with one attached hydrogen (secondary N) is 1. The molecule has 2 aromatic rings. The molecule has 8 nitrogen and oxygen atoms in total. The summed E-state index contributed by atoms with van der Waals surface area (Å²) in [4.78, 5) is 10.6. The van der Waals surface area contributed by atoms with E-state index in [1.54, 1.807) is 0 Å². The van der Waals surface area contributed by atoms with Gasteiger partial charge in [-0.3, -0.25) is 4.57 Å². The van der Waals surface area contributed by atoms with Gasteiger partial charge in [0.2, 0.25) is 5.67 Å². The zero-order chi connectivity index (χ0) is 16.1. The number of rotatable bonds is 2. The SMILES string of the molecule is C#CC1(F)[C@@H](O)[C@@H](CO)O[C@H]1n1cnc2c(=S)nc(N)[nH]c21. The molecule has 0 aliphatic carbocycles. The number of anilines is 1. The lowest BCUT2D eigenvalue weighted by Gasteiger charge is -2.23. The number of ether oxygens (including phenoxy) is 1. The van der Waals surface area contributed by atoms with Crippen LogP contribution in [0.25, 0.3) is 11.2 Å². The second-order valence-electron chi connectivity index (χ2n) is 4.84. The summed E-state index contributed by atoms with van der Waals surface area (Å²) in [5.41, 5.74) is 3.59. The van der Waals surface area contributed by atoms with E-state index in [2.05, 4.69) is 15.0 Å². The number of hydrogen-bond acceptors (Lipinski definition) is 7. The highest BCUT2D eigenvalue weighted by molar-refractivity contribution is 7.71. The Balaban J connectivity index is 2.19. The number of aliphatic hydroxyl groups is 2. The van der Waals surface area contributed by atoms with E-state index in [0.29, 0.717) is 0 Å². The van der Waals surface area contributed by atoms with E-state index in [9.17, 15) is 14.6 Å². The molecular formula is C12H12FN5O3S. The van der Waals surface area contributed by atoms with Crippen LogP contribution in [0.1, 0.15) is 6.23 Å². The van der Waals surface area contributed by atoms with Crippen molar-refractivity contribution in [1.29, 1.82) is 0 Å². The van der Waals surface area contributed by atoms with Crippen LogP contribution in [0.3, 0.4) is 0 Å². The van der Waals surface area contributed by atoms with Gasteiger partial charge >= 0.3 is 0 Å². The van der Waals surface area contributed by atoms with Crippen molar-refractivity contribution in [2.75, 3.05) is 12.3 Å². The first-order valence-corrected chi connectivity index (χ1v) is 6.66. The molecule has 1 unspecified atom stereocenters. The quantitative estimate of drug-likeness (QED) is 0.440. The molecule has 0 saturated carbocycles. The number of hydrogen-bond donors (Lipinski definition) is 4. The summed E-state index contributed by atoms with van der Waals surface area (Å²) in [5, 5.41) is 19.1. The number of halogens is 1. The fraction of sp³-hybridized carbons (Fsp3) is 0.417. The van der Waals surface area contributed by atoms with E-state index in [4.69, 9.17) is 29.1 Å². The third-order valence-electron chi connectivity index (χ3n) is 3.56. The number of alkyl halides is 1. The molecule has 1 aliphatic rings. The standard InChI is InChI=1S/C12H12FN5O3S/c1-2-12(13)7(20)5(3-19)21-10(12)18-4-15-6-8(18)16-11(14)17-9(6)22/h1,4-5,7,10,19-20H,3H2,(H3,14,16,17,22)/t5-,7+,10-,12?/m1/s1. The van der Waals surface area contributed by atoms with Gasteiger partial charge in [-0.15, -0.1) is 6.42 Å². The molecule has 3 rings (SSSR count). The molecule has 0 amide bonds. The number of fused-ring (bicyclic) bond motifs is 1. The van der Waals surface area contributed by atoms with Gasteiger partial charge in [0.25, 0.3) is 0 Å². The second kappa shape index (κ2) is 4.99. The van der Waals surface area contributed by atoms with Crippen LogP contribution in [-0.2, 0) is 4.74 Å². The van der Waals surface area contributed by atoms with Crippen LogP contribution in [0, 0.1) is 17.0 Å². The lowest BCUT2D eigenvalue weighted by molar-refractivity contribution is -0.0504. The normalized spacial score (nSPS) is 31.5. The molecule has 5 N–H and O–H groups in total. The van der Waals surface area contributed by atoms with Gasteiger partial charge in [0, 0.05) is 0 Å². The number of terminal acetylenes is 1. The lowest BCUT2D eigenvalue weighted by Crippen LogP contribution is -2.42. The highest BCUT2D eigenvalue weighted by Gasteiger charge is 2.57. The molecule has 2 aromatic heterocycles. The van der Waals surface area contributed by atoms with Crippen molar-refractivity contribution >= 4 is 29.3 Å². The van der Waals surface area contributed by atoms with Crippen molar-refractivity contribution in [1.82, 2.24) is 19.5 Å². The topological polar surface area (TPSA) is 122 Å². The molecule has 22 heavy (non-hydrogen) atoms. The minimum Gasteiger partial charge on any atom is -0.394 e. The Morgan fingerprint density at radius 1 is 1.68 bits per heavy atom. The van der Waals surface area contributed by atoms with Gasteiger partial charge in [-0.2, -0.15) is 0 Å². The first-order chi connectivity index (χ1) is 10.4. The van der Waals surface area contributed by atoms with Crippen molar-refractivity contribution in [3.63, 3.8) is 0 Å². The molecular weight excluding hydrogens is 313 g/mol. The van der Waals surface area contributed by atoms with E-state index in [0.717, 1.165) is 0 Å². The summed E-state index contributed by atoms with van der Waals surface area (Å²) < 4.78 is 21.7. The van der Waals surface area contributed by atoms with Crippen LogP contribution in [-0.4, -0.2) is 54.2 Å². The van der Waals surface area contributed by atoms with E-state index in [1.165, 1.54) is 10.9 Å². The summed E-state index contributed by atoms with van der Waals surface area (Å²) in [5.74, 6) is 1.91. The Hall–Kier alpha value is -2.06. The number of H-pyrrole nitrogens is 1. The Kier molecular flexibility index (Phi) is 3.37. The van der Waals surface area contributed by atoms with Crippen LogP contribution in [0.15, 0.2) is 6.33 Å². The zero-order valence-electron chi connectivity index (χ0n) is 11.1. The average Bonchev–Trinajstić information content (AvgIpc) is 3.00. The molecule has 0 aromatic carbocycles. The van der Waals surface area contributed by atoms with Crippen LogP contribution in [0.2, 0.25) is 0 Å². The lowest BCUT2D eigenvalue weighted by atomic mass is 9.97. The molecule has 0 spiro atoms. The Morgan fingerprint density at radius 2 is 2.41 bits per heavy atom. The van der Waals surface area contributed by atoms with E-state index >= 15 is 0 Å². The fourth-order valence-electron chi connectivity index (χ4n) is 2.45. The summed E-state index contributed by atoms with van der Waals surface area (Å²) in [7, 11) is 0. The molecule has 1 aliphatic heterocycles. The summed E-state index contributed by atoms with van der Waals surface area (Å²) in [6.45, 7) is -0.586. The van der Waals surface area contributed by atoms with Crippen LogP contribution < -0.4 is 5.73 Å².